The summed E-state index contributed by atoms with van der Waals surface area (Å²) in [6.07, 6.45) is 2.40. The molecule has 1 heteroatoms. The molecule has 0 saturated carbocycles. The first kappa shape index (κ1) is 10.3. The van der Waals surface area contributed by atoms with Crippen molar-refractivity contribution >= 4 is 5.57 Å². The molecule has 0 aromatic heterocycles. The first-order chi connectivity index (χ1) is 8.34. The fraction of sp³-hybridized carbons (Fsp3) is 0.125. The van der Waals surface area contributed by atoms with E-state index in [0.717, 1.165) is 12.0 Å². The van der Waals surface area contributed by atoms with Crippen molar-refractivity contribution in [3.8, 4) is 0 Å². The fourth-order valence-electron chi connectivity index (χ4n) is 2.39. The van der Waals surface area contributed by atoms with E-state index in [1.54, 1.807) is 0 Å². The number of benzene rings is 2. The SMILES string of the molecule is OC1C=C(Cc2ccccc2)c2ccccc21. The van der Waals surface area contributed by atoms with Crippen molar-refractivity contribution in [3.05, 3.63) is 77.4 Å². The van der Waals surface area contributed by atoms with Crippen molar-refractivity contribution < 1.29 is 5.11 Å². The summed E-state index contributed by atoms with van der Waals surface area (Å²) in [5, 5.41) is 9.95. The third-order valence-electron chi connectivity index (χ3n) is 3.22. The van der Waals surface area contributed by atoms with Gasteiger partial charge in [0.05, 0.1) is 6.10 Å². The minimum Gasteiger partial charge on any atom is -0.384 e. The minimum atomic E-state index is -0.440. The quantitative estimate of drug-likeness (QED) is 0.826. The normalized spacial score (nSPS) is 17.7. The van der Waals surface area contributed by atoms with Gasteiger partial charge in [0.15, 0.2) is 0 Å². The van der Waals surface area contributed by atoms with Crippen LogP contribution in [-0.2, 0) is 6.42 Å². The molecule has 3 rings (SSSR count). The molecule has 0 aliphatic heterocycles. The molecular weight excluding hydrogens is 208 g/mol. The van der Waals surface area contributed by atoms with E-state index in [0.29, 0.717) is 0 Å². The molecule has 0 spiro atoms. The van der Waals surface area contributed by atoms with Crippen LogP contribution in [0.1, 0.15) is 22.8 Å². The van der Waals surface area contributed by atoms with Crippen LogP contribution in [0.25, 0.3) is 5.57 Å². The molecular formula is C16H14O. The highest BCUT2D eigenvalue weighted by molar-refractivity contribution is 5.75. The Morgan fingerprint density at radius 2 is 1.59 bits per heavy atom. The topological polar surface area (TPSA) is 20.2 Å². The Kier molecular flexibility index (Phi) is 2.54. The van der Waals surface area contributed by atoms with Crippen LogP contribution >= 0.6 is 0 Å². The van der Waals surface area contributed by atoms with Crippen LogP contribution < -0.4 is 0 Å². The van der Waals surface area contributed by atoms with Crippen molar-refractivity contribution in [2.24, 2.45) is 0 Å². The summed E-state index contributed by atoms with van der Waals surface area (Å²) in [6.45, 7) is 0. The van der Waals surface area contributed by atoms with Gasteiger partial charge in [0.1, 0.15) is 0 Å². The van der Waals surface area contributed by atoms with E-state index in [4.69, 9.17) is 0 Å². The van der Waals surface area contributed by atoms with E-state index in [1.165, 1.54) is 16.7 Å². The zero-order valence-electron chi connectivity index (χ0n) is 9.51. The van der Waals surface area contributed by atoms with Gasteiger partial charge in [-0.05, 0) is 34.8 Å². The van der Waals surface area contributed by atoms with Crippen LogP contribution in [0.2, 0.25) is 0 Å². The largest absolute Gasteiger partial charge is 0.384 e. The fourth-order valence-corrected chi connectivity index (χ4v) is 2.39. The van der Waals surface area contributed by atoms with E-state index in [9.17, 15) is 5.11 Å². The number of aliphatic hydroxyl groups is 1. The number of rotatable bonds is 2. The van der Waals surface area contributed by atoms with E-state index in [2.05, 4.69) is 18.2 Å². The van der Waals surface area contributed by atoms with Gasteiger partial charge in [0, 0.05) is 0 Å². The Morgan fingerprint density at radius 1 is 0.882 bits per heavy atom. The zero-order valence-corrected chi connectivity index (χ0v) is 9.51. The van der Waals surface area contributed by atoms with Gasteiger partial charge in [-0.15, -0.1) is 0 Å². The van der Waals surface area contributed by atoms with Crippen molar-refractivity contribution in [1.29, 1.82) is 0 Å². The smallest absolute Gasteiger partial charge is 0.0983 e. The molecule has 1 aliphatic carbocycles. The first-order valence-electron chi connectivity index (χ1n) is 5.86. The molecule has 0 amide bonds. The lowest BCUT2D eigenvalue weighted by atomic mass is 9.99. The van der Waals surface area contributed by atoms with E-state index >= 15 is 0 Å². The third-order valence-corrected chi connectivity index (χ3v) is 3.22. The number of allylic oxidation sites excluding steroid dienone is 1. The second-order valence-corrected chi connectivity index (χ2v) is 4.39. The predicted octanol–water partition coefficient (Wildman–Crippen LogP) is 3.36. The van der Waals surface area contributed by atoms with Crippen molar-refractivity contribution in [2.45, 2.75) is 12.5 Å². The van der Waals surface area contributed by atoms with Gasteiger partial charge < -0.3 is 5.11 Å². The van der Waals surface area contributed by atoms with Crippen LogP contribution in [0.4, 0.5) is 0 Å². The van der Waals surface area contributed by atoms with E-state index in [-0.39, 0.29) is 0 Å². The number of fused-ring (bicyclic) bond motifs is 1. The van der Waals surface area contributed by atoms with Crippen molar-refractivity contribution in [2.75, 3.05) is 0 Å². The Morgan fingerprint density at radius 3 is 2.41 bits per heavy atom. The Labute approximate surface area is 101 Å². The van der Waals surface area contributed by atoms with Gasteiger partial charge in [-0.3, -0.25) is 0 Å². The summed E-state index contributed by atoms with van der Waals surface area (Å²) in [5.74, 6) is 0. The van der Waals surface area contributed by atoms with Gasteiger partial charge in [0.25, 0.3) is 0 Å². The molecule has 0 radical (unpaired) electrons. The van der Waals surface area contributed by atoms with Crippen LogP contribution in [0.3, 0.4) is 0 Å². The van der Waals surface area contributed by atoms with Crippen LogP contribution in [0, 0.1) is 0 Å². The average molecular weight is 222 g/mol. The summed E-state index contributed by atoms with van der Waals surface area (Å²) in [6, 6.07) is 18.4. The van der Waals surface area contributed by atoms with Gasteiger partial charge in [0.2, 0.25) is 0 Å². The molecule has 1 unspecified atom stereocenters. The second kappa shape index (κ2) is 4.19. The summed E-state index contributed by atoms with van der Waals surface area (Å²) >= 11 is 0. The standard InChI is InChI=1S/C16H14O/c17-16-11-13(10-12-6-2-1-3-7-12)14-8-4-5-9-15(14)16/h1-9,11,16-17H,10H2. The molecule has 0 bridgehead atoms. The molecule has 2 aromatic carbocycles. The molecule has 0 heterocycles. The third kappa shape index (κ3) is 1.90. The molecule has 1 N–H and O–H groups in total. The van der Waals surface area contributed by atoms with E-state index in [1.807, 2.05) is 42.5 Å². The number of hydrogen-bond acceptors (Lipinski definition) is 1. The Hall–Kier alpha value is -1.86. The highest BCUT2D eigenvalue weighted by atomic mass is 16.3. The minimum absolute atomic E-state index is 0.440. The molecule has 17 heavy (non-hydrogen) atoms. The summed E-state index contributed by atoms with van der Waals surface area (Å²) in [7, 11) is 0. The molecule has 1 nitrogen and oxygen atoms in total. The molecule has 0 fully saturated rings. The lowest BCUT2D eigenvalue weighted by Crippen LogP contribution is -1.90. The van der Waals surface area contributed by atoms with Crippen LogP contribution in [-0.4, -0.2) is 5.11 Å². The molecule has 1 atom stereocenters. The van der Waals surface area contributed by atoms with Crippen LogP contribution in [0.15, 0.2) is 60.7 Å². The van der Waals surface area contributed by atoms with Crippen molar-refractivity contribution in [3.63, 3.8) is 0 Å². The summed E-state index contributed by atoms with van der Waals surface area (Å²) < 4.78 is 0. The molecule has 2 aromatic rings. The second-order valence-electron chi connectivity index (χ2n) is 4.39. The van der Waals surface area contributed by atoms with E-state index < -0.39 is 6.10 Å². The predicted molar refractivity (Wildman–Crippen MR) is 69.5 cm³/mol. The monoisotopic (exact) mass is 222 g/mol. The maximum atomic E-state index is 9.95. The van der Waals surface area contributed by atoms with Crippen LogP contribution in [0.5, 0.6) is 0 Å². The average Bonchev–Trinajstić information content (AvgIpc) is 2.69. The summed E-state index contributed by atoms with van der Waals surface area (Å²) in [4.78, 5) is 0. The number of hydrogen-bond donors (Lipinski definition) is 1. The molecule has 1 aliphatic rings. The summed E-state index contributed by atoms with van der Waals surface area (Å²) in [5.41, 5.74) is 4.71. The van der Waals surface area contributed by atoms with Gasteiger partial charge in [-0.2, -0.15) is 0 Å². The maximum Gasteiger partial charge on any atom is 0.0983 e. The zero-order chi connectivity index (χ0) is 11.7. The van der Waals surface area contributed by atoms with Gasteiger partial charge >= 0.3 is 0 Å². The first-order valence-corrected chi connectivity index (χ1v) is 5.86. The Bertz CT molecular complexity index is 555. The lowest BCUT2D eigenvalue weighted by Gasteiger charge is -2.05. The van der Waals surface area contributed by atoms with Crippen molar-refractivity contribution in [1.82, 2.24) is 0 Å². The highest BCUT2D eigenvalue weighted by Crippen LogP contribution is 2.35. The lowest BCUT2D eigenvalue weighted by molar-refractivity contribution is 0.232. The van der Waals surface area contributed by atoms with Gasteiger partial charge in [-0.25, -0.2) is 0 Å². The highest BCUT2D eigenvalue weighted by Gasteiger charge is 2.20. The Balaban J connectivity index is 1.94. The number of aliphatic hydroxyl groups excluding tert-OH is 1. The molecule has 0 saturated heterocycles. The molecule has 84 valence electrons. The maximum absolute atomic E-state index is 9.95. The van der Waals surface area contributed by atoms with Gasteiger partial charge in [-0.1, -0.05) is 54.6 Å².